The number of benzene rings is 2. The van der Waals surface area contributed by atoms with Gasteiger partial charge in [0.15, 0.2) is 0 Å². The van der Waals surface area contributed by atoms with Gasteiger partial charge in [-0.2, -0.15) is 0 Å². The third-order valence-corrected chi connectivity index (χ3v) is 4.03. The van der Waals surface area contributed by atoms with Crippen LogP contribution in [0.2, 0.25) is 0 Å². The molecular weight excluding hydrogens is 428 g/mol. The van der Waals surface area contributed by atoms with Crippen molar-refractivity contribution < 1.29 is 4.74 Å². The smallest absolute Gasteiger partial charge is 0.0722 e. The van der Waals surface area contributed by atoms with E-state index in [1.54, 1.807) is 12.4 Å². The fourth-order valence-electron chi connectivity index (χ4n) is 2.40. The maximum Gasteiger partial charge on any atom is 0.0722 e. The maximum atomic E-state index is 5.62. The lowest BCUT2D eigenvalue weighted by Gasteiger charge is -2.04. The van der Waals surface area contributed by atoms with Gasteiger partial charge in [0.1, 0.15) is 0 Å². The first kappa shape index (κ1) is 36.7. The van der Waals surface area contributed by atoms with E-state index in [9.17, 15) is 0 Å². The number of aryl methyl sites for hydroxylation is 2. The van der Waals surface area contributed by atoms with Gasteiger partial charge < -0.3 is 10.1 Å². The lowest BCUT2D eigenvalue weighted by Crippen LogP contribution is -1.94. The number of rotatable bonds is 6. The average molecular weight is 481 g/mol. The number of aromatic nitrogens is 1. The van der Waals surface area contributed by atoms with Gasteiger partial charge in [0.25, 0.3) is 0 Å². The van der Waals surface area contributed by atoms with Crippen LogP contribution in [0.4, 0.5) is 0 Å². The van der Waals surface area contributed by atoms with Gasteiger partial charge in [-0.05, 0) is 60.5 Å². The number of hydrogen-bond acceptors (Lipinski definition) is 3. The zero-order chi connectivity index (χ0) is 27.3. The van der Waals surface area contributed by atoms with E-state index < -0.39 is 0 Å². The third kappa shape index (κ3) is 20.2. The van der Waals surface area contributed by atoms with Crippen LogP contribution in [0.15, 0.2) is 79.3 Å². The van der Waals surface area contributed by atoms with E-state index >= 15 is 0 Å². The van der Waals surface area contributed by atoms with Gasteiger partial charge in [0, 0.05) is 19.4 Å². The zero-order valence-corrected chi connectivity index (χ0v) is 24.4. The van der Waals surface area contributed by atoms with Crippen LogP contribution < -0.4 is 5.32 Å². The lowest BCUT2D eigenvalue weighted by atomic mass is 10.1. The monoisotopic (exact) mass is 480 g/mol. The molecule has 0 saturated heterocycles. The molecular formula is C32H52N2O. The molecule has 3 aromatic rings. The molecule has 35 heavy (non-hydrogen) atoms. The molecule has 196 valence electrons. The van der Waals surface area contributed by atoms with Crippen LogP contribution in [0.25, 0.3) is 6.08 Å². The maximum absolute atomic E-state index is 5.62. The van der Waals surface area contributed by atoms with Crippen molar-refractivity contribution in [3.63, 3.8) is 0 Å². The minimum absolute atomic E-state index is 0.635. The number of nitrogens with one attached hydrogen (secondary N) is 1. The zero-order valence-electron chi connectivity index (χ0n) is 24.4. The standard InChI is InChI=1S/C14H15NO.C10H13N.4C2H6/c1-12-2-4-13(5-3-12)10-16-11-14-6-8-15-9-7-14;1-9-5-3-4-6-10(9)7-8-11-2;4*1-2/h2-9H,10-11H2,1H3;3-8,11H,1-2H3;4*1-2H3/b;8-7-;;;;. The van der Waals surface area contributed by atoms with Crippen LogP contribution in [0, 0.1) is 13.8 Å². The Labute approximate surface area is 217 Å². The molecule has 0 aliphatic rings. The SMILES string of the molecule is CC.CC.CC.CC.CN/C=C\c1ccccc1C.Cc1ccc(COCc2ccncc2)cc1. The first-order valence-electron chi connectivity index (χ1n) is 13.1. The van der Waals surface area contributed by atoms with Gasteiger partial charge in [0.05, 0.1) is 13.2 Å². The second-order valence-electron chi connectivity index (χ2n) is 6.31. The molecule has 3 nitrogen and oxygen atoms in total. The molecule has 3 rings (SSSR count). The van der Waals surface area contributed by atoms with Crippen LogP contribution in [0.5, 0.6) is 0 Å². The largest absolute Gasteiger partial charge is 0.394 e. The molecule has 3 heteroatoms. The van der Waals surface area contributed by atoms with Crippen molar-refractivity contribution >= 4 is 6.08 Å². The van der Waals surface area contributed by atoms with Gasteiger partial charge in [-0.3, -0.25) is 4.98 Å². The molecule has 1 N–H and O–H groups in total. The topological polar surface area (TPSA) is 34.1 Å². The van der Waals surface area contributed by atoms with Crippen molar-refractivity contribution in [3.8, 4) is 0 Å². The average Bonchev–Trinajstić information content (AvgIpc) is 2.95. The third-order valence-electron chi connectivity index (χ3n) is 4.03. The summed E-state index contributed by atoms with van der Waals surface area (Å²) in [7, 11) is 1.90. The van der Waals surface area contributed by atoms with E-state index in [0.29, 0.717) is 13.2 Å². The van der Waals surface area contributed by atoms with Gasteiger partial charge in [-0.15, -0.1) is 0 Å². The fourth-order valence-corrected chi connectivity index (χ4v) is 2.40. The molecule has 0 aliphatic heterocycles. The summed E-state index contributed by atoms with van der Waals surface area (Å²) >= 11 is 0. The quantitative estimate of drug-likeness (QED) is 0.381. The first-order valence-corrected chi connectivity index (χ1v) is 13.1. The van der Waals surface area contributed by atoms with Crippen molar-refractivity contribution in [2.24, 2.45) is 0 Å². The molecule has 0 radical (unpaired) electrons. The van der Waals surface area contributed by atoms with E-state index in [1.165, 1.54) is 22.3 Å². The summed E-state index contributed by atoms with van der Waals surface area (Å²) in [6.07, 6.45) is 7.56. The van der Waals surface area contributed by atoms with E-state index in [0.717, 1.165) is 5.56 Å². The van der Waals surface area contributed by atoms with Crippen molar-refractivity contribution in [3.05, 3.63) is 107 Å². The van der Waals surface area contributed by atoms with E-state index in [-0.39, 0.29) is 0 Å². The minimum Gasteiger partial charge on any atom is -0.394 e. The summed E-state index contributed by atoms with van der Waals surface area (Å²) in [5.74, 6) is 0. The molecule has 1 heterocycles. The molecule has 0 bridgehead atoms. The lowest BCUT2D eigenvalue weighted by molar-refractivity contribution is 0.107. The normalized spacial score (nSPS) is 8.66. The molecule has 0 unspecified atom stereocenters. The Kier molecular flexibility index (Phi) is 30.5. The molecule has 0 spiro atoms. The Morgan fingerprint density at radius 1 is 0.686 bits per heavy atom. The highest BCUT2D eigenvalue weighted by Gasteiger charge is 1.94. The molecule has 0 aliphatic carbocycles. The highest BCUT2D eigenvalue weighted by Crippen LogP contribution is 2.08. The second-order valence-corrected chi connectivity index (χ2v) is 6.31. The molecule has 0 amide bonds. The summed E-state index contributed by atoms with van der Waals surface area (Å²) < 4.78 is 5.62. The fraction of sp³-hybridized carbons (Fsp3) is 0.406. The highest BCUT2D eigenvalue weighted by molar-refractivity contribution is 5.52. The summed E-state index contributed by atoms with van der Waals surface area (Å²) in [6.45, 7) is 21.5. The summed E-state index contributed by atoms with van der Waals surface area (Å²) in [4.78, 5) is 3.97. The number of ether oxygens (including phenoxy) is 1. The molecule has 2 aromatic carbocycles. The van der Waals surface area contributed by atoms with Gasteiger partial charge in [-0.1, -0.05) is 109 Å². The molecule has 0 atom stereocenters. The van der Waals surface area contributed by atoms with Crippen molar-refractivity contribution in [2.45, 2.75) is 82.5 Å². The van der Waals surface area contributed by atoms with Gasteiger partial charge in [-0.25, -0.2) is 0 Å². The summed E-state index contributed by atoms with van der Waals surface area (Å²) in [6, 6.07) is 20.6. The van der Waals surface area contributed by atoms with Crippen molar-refractivity contribution in [1.29, 1.82) is 0 Å². The van der Waals surface area contributed by atoms with Crippen LogP contribution in [0.3, 0.4) is 0 Å². The first-order chi connectivity index (χ1) is 17.2. The van der Waals surface area contributed by atoms with Crippen LogP contribution in [-0.4, -0.2) is 12.0 Å². The summed E-state index contributed by atoms with van der Waals surface area (Å²) in [5, 5.41) is 2.96. The molecule has 1 aromatic heterocycles. The van der Waals surface area contributed by atoms with Crippen LogP contribution >= 0.6 is 0 Å². The Balaban J connectivity index is -0.000000472. The minimum atomic E-state index is 0.635. The summed E-state index contributed by atoms with van der Waals surface area (Å²) in [5.41, 5.74) is 6.21. The predicted octanol–water partition coefficient (Wildman–Crippen LogP) is 9.40. The highest BCUT2D eigenvalue weighted by atomic mass is 16.5. The Morgan fingerprint density at radius 2 is 1.17 bits per heavy atom. The molecule has 0 fully saturated rings. The van der Waals surface area contributed by atoms with E-state index in [1.807, 2.05) is 92.9 Å². The predicted molar refractivity (Wildman–Crippen MR) is 159 cm³/mol. The second kappa shape index (κ2) is 29.1. The van der Waals surface area contributed by atoms with Crippen LogP contribution in [0.1, 0.15) is 83.2 Å². The number of nitrogens with zero attached hydrogens (tertiary/aromatic N) is 1. The van der Waals surface area contributed by atoms with Crippen molar-refractivity contribution in [2.75, 3.05) is 7.05 Å². The van der Waals surface area contributed by atoms with Crippen molar-refractivity contribution in [1.82, 2.24) is 10.3 Å². The Hall–Kier alpha value is -2.91. The molecule has 0 saturated carbocycles. The number of pyridine rings is 1. The van der Waals surface area contributed by atoms with E-state index in [2.05, 4.69) is 66.6 Å². The van der Waals surface area contributed by atoms with E-state index in [4.69, 9.17) is 4.74 Å². The van der Waals surface area contributed by atoms with Gasteiger partial charge >= 0.3 is 0 Å². The van der Waals surface area contributed by atoms with Gasteiger partial charge in [0.2, 0.25) is 0 Å². The Bertz CT molecular complexity index is 812. The van der Waals surface area contributed by atoms with Crippen LogP contribution in [-0.2, 0) is 18.0 Å². The Morgan fingerprint density at radius 3 is 1.66 bits per heavy atom. The number of hydrogen-bond donors (Lipinski definition) is 1.